The Morgan fingerprint density at radius 1 is 1.43 bits per heavy atom. The molecule has 0 aliphatic heterocycles. The second kappa shape index (κ2) is 5.41. The predicted octanol–water partition coefficient (Wildman–Crippen LogP) is 1.28. The maximum Gasteiger partial charge on any atom is 0.338 e. The van der Waals surface area contributed by atoms with E-state index in [1.807, 2.05) is 0 Å². The summed E-state index contributed by atoms with van der Waals surface area (Å²) in [5, 5.41) is 25.9. The summed E-state index contributed by atoms with van der Waals surface area (Å²) in [6.45, 7) is 0. The molecule has 0 spiro atoms. The first-order valence-corrected chi connectivity index (χ1v) is 5.70. The van der Waals surface area contributed by atoms with Gasteiger partial charge in [-0.15, -0.1) is 0 Å². The molecule has 2 aromatic rings. The smallest absolute Gasteiger partial charge is 0.338 e. The minimum absolute atomic E-state index is 0.0260. The summed E-state index contributed by atoms with van der Waals surface area (Å²) >= 11 is 0. The van der Waals surface area contributed by atoms with E-state index in [1.54, 1.807) is 7.05 Å². The molecule has 1 aromatic heterocycles. The van der Waals surface area contributed by atoms with Crippen LogP contribution in [-0.2, 0) is 7.05 Å². The van der Waals surface area contributed by atoms with Crippen LogP contribution in [0.4, 0.5) is 11.4 Å². The molecule has 0 bridgehead atoms. The average molecular weight is 290 g/mol. The summed E-state index contributed by atoms with van der Waals surface area (Å²) in [6.07, 6.45) is 2.78. The zero-order valence-corrected chi connectivity index (χ0v) is 10.8. The standard InChI is InChI=1S/C12H10N4O5/c1-15-6-7(5-13-15)11(17)14-10-3-2-8(16(20)21)4-9(10)12(18)19/h2-6H,1H3,(H,14,17)(H,18,19). The fraction of sp³-hybridized carbons (Fsp3) is 0.0833. The van der Waals surface area contributed by atoms with E-state index in [-0.39, 0.29) is 22.5 Å². The number of rotatable bonds is 4. The van der Waals surface area contributed by atoms with Gasteiger partial charge in [0.1, 0.15) is 0 Å². The number of carbonyl (C=O) groups is 2. The Morgan fingerprint density at radius 2 is 2.14 bits per heavy atom. The lowest BCUT2D eigenvalue weighted by Crippen LogP contribution is -2.14. The van der Waals surface area contributed by atoms with Crippen molar-refractivity contribution in [3.63, 3.8) is 0 Å². The Bertz CT molecular complexity index is 737. The Labute approximate surface area is 118 Å². The number of nitro benzene ring substituents is 1. The van der Waals surface area contributed by atoms with E-state index in [0.717, 1.165) is 12.1 Å². The molecular formula is C12H10N4O5. The highest BCUT2D eigenvalue weighted by atomic mass is 16.6. The van der Waals surface area contributed by atoms with Crippen molar-refractivity contribution in [2.75, 3.05) is 5.32 Å². The number of carboxylic acids is 1. The van der Waals surface area contributed by atoms with Crippen molar-refractivity contribution in [3.05, 3.63) is 51.8 Å². The highest BCUT2D eigenvalue weighted by Gasteiger charge is 2.18. The topological polar surface area (TPSA) is 127 Å². The molecule has 1 aromatic carbocycles. The number of aryl methyl sites for hydroxylation is 1. The van der Waals surface area contributed by atoms with Gasteiger partial charge < -0.3 is 10.4 Å². The van der Waals surface area contributed by atoms with Gasteiger partial charge in [-0.1, -0.05) is 0 Å². The van der Waals surface area contributed by atoms with E-state index in [2.05, 4.69) is 10.4 Å². The van der Waals surface area contributed by atoms with Crippen LogP contribution in [0.25, 0.3) is 0 Å². The number of non-ortho nitro benzene ring substituents is 1. The Balaban J connectivity index is 2.33. The molecule has 0 radical (unpaired) electrons. The highest BCUT2D eigenvalue weighted by Crippen LogP contribution is 2.22. The molecule has 1 amide bonds. The third kappa shape index (κ3) is 3.03. The van der Waals surface area contributed by atoms with Gasteiger partial charge >= 0.3 is 5.97 Å². The third-order valence-corrected chi connectivity index (χ3v) is 2.66. The molecule has 0 saturated carbocycles. The van der Waals surface area contributed by atoms with Crippen LogP contribution in [0.15, 0.2) is 30.6 Å². The molecule has 9 nitrogen and oxygen atoms in total. The van der Waals surface area contributed by atoms with Crippen LogP contribution in [0.2, 0.25) is 0 Å². The third-order valence-electron chi connectivity index (χ3n) is 2.66. The molecule has 21 heavy (non-hydrogen) atoms. The van der Waals surface area contributed by atoms with E-state index >= 15 is 0 Å². The normalized spacial score (nSPS) is 10.1. The molecular weight excluding hydrogens is 280 g/mol. The molecule has 0 saturated heterocycles. The average Bonchev–Trinajstić information content (AvgIpc) is 2.85. The SMILES string of the molecule is Cn1cc(C(=O)Nc2ccc([N+](=O)[O-])cc2C(=O)O)cn1. The van der Waals surface area contributed by atoms with Gasteiger partial charge in [0, 0.05) is 25.4 Å². The molecule has 0 atom stereocenters. The lowest BCUT2D eigenvalue weighted by molar-refractivity contribution is -0.384. The van der Waals surface area contributed by atoms with Crippen LogP contribution in [-0.4, -0.2) is 31.7 Å². The van der Waals surface area contributed by atoms with E-state index < -0.39 is 16.8 Å². The van der Waals surface area contributed by atoms with E-state index in [9.17, 15) is 19.7 Å². The number of amides is 1. The van der Waals surface area contributed by atoms with Gasteiger partial charge in [-0.3, -0.25) is 19.6 Å². The van der Waals surface area contributed by atoms with Crippen LogP contribution >= 0.6 is 0 Å². The van der Waals surface area contributed by atoms with Crippen molar-refractivity contribution in [1.82, 2.24) is 9.78 Å². The number of nitrogens with one attached hydrogen (secondary N) is 1. The molecule has 9 heteroatoms. The summed E-state index contributed by atoms with van der Waals surface area (Å²) in [5.41, 5.74) is -0.512. The van der Waals surface area contributed by atoms with Crippen LogP contribution in [0, 0.1) is 10.1 Å². The first-order valence-electron chi connectivity index (χ1n) is 5.70. The first-order chi connectivity index (χ1) is 9.88. The molecule has 0 aliphatic carbocycles. The van der Waals surface area contributed by atoms with Crippen molar-refractivity contribution in [2.45, 2.75) is 0 Å². The second-order valence-electron chi connectivity index (χ2n) is 4.15. The van der Waals surface area contributed by atoms with Gasteiger partial charge in [-0.05, 0) is 6.07 Å². The molecule has 108 valence electrons. The zero-order valence-electron chi connectivity index (χ0n) is 10.8. The zero-order chi connectivity index (χ0) is 15.6. The molecule has 0 fully saturated rings. The first kappa shape index (κ1) is 14.2. The quantitative estimate of drug-likeness (QED) is 0.644. The minimum Gasteiger partial charge on any atom is -0.478 e. The maximum atomic E-state index is 11.9. The van der Waals surface area contributed by atoms with E-state index in [1.165, 1.54) is 23.1 Å². The number of anilines is 1. The number of hydrogen-bond donors (Lipinski definition) is 2. The van der Waals surface area contributed by atoms with Gasteiger partial charge in [0.25, 0.3) is 11.6 Å². The summed E-state index contributed by atoms with van der Waals surface area (Å²) in [6, 6.07) is 3.18. The van der Waals surface area contributed by atoms with Gasteiger partial charge in [0.05, 0.1) is 27.9 Å². The van der Waals surface area contributed by atoms with Gasteiger partial charge in [0.2, 0.25) is 0 Å². The van der Waals surface area contributed by atoms with Gasteiger partial charge in [-0.2, -0.15) is 5.10 Å². The number of carbonyl (C=O) groups excluding carboxylic acids is 1. The monoisotopic (exact) mass is 290 g/mol. The number of carboxylic acid groups (broad SMARTS) is 1. The predicted molar refractivity (Wildman–Crippen MR) is 71.2 cm³/mol. The summed E-state index contributed by atoms with van der Waals surface area (Å²) < 4.78 is 1.42. The van der Waals surface area contributed by atoms with Crippen LogP contribution in [0.3, 0.4) is 0 Å². The number of aromatic carboxylic acids is 1. The number of benzene rings is 1. The minimum atomic E-state index is -1.37. The Kier molecular flexibility index (Phi) is 3.65. The summed E-state index contributed by atoms with van der Waals surface area (Å²) in [5.74, 6) is -1.93. The van der Waals surface area contributed by atoms with Crippen molar-refractivity contribution in [3.8, 4) is 0 Å². The number of nitro groups is 1. The highest BCUT2D eigenvalue weighted by molar-refractivity contribution is 6.07. The molecule has 1 heterocycles. The Hall–Kier alpha value is -3.23. The van der Waals surface area contributed by atoms with Crippen LogP contribution < -0.4 is 5.32 Å². The van der Waals surface area contributed by atoms with E-state index in [0.29, 0.717) is 0 Å². The van der Waals surface area contributed by atoms with Crippen molar-refractivity contribution >= 4 is 23.3 Å². The van der Waals surface area contributed by atoms with Crippen molar-refractivity contribution < 1.29 is 19.6 Å². The number of hydrogen-bond acceptors (Lipinski definition) is 5. The fourth-order valence-corrected chi connectivity index (χ4v) is 1.66. The summed E-state index contributed by atoms with van der Waals surface area (Å²) in [7, 11) is 1.63. The summed E-state index contributed by atoms with van der Waals surface area (Å²) in [4.78, 5) is 33.0. The van der Waals surface area contributed by atoms with Crippen LogP contribution in [0.5, 0.6) is 0 Å². The largest absolute Gasteiger partial charge is 0.478 e. The van der Waals surface area contributed by atoms with Crippen LogP contribution in [0.1, 0.15) is 20.7 Å². The number of nitrogens with zero attached hydrogens (tertiary/aromatic N) is 3. The molecule has 2 N–H and O–H groups in total. The number of aromatic nitrogens is 2. The lowest BCUT2D eigenvalue weighted by Gasteiger charge is -2.07. The second-order valence-corrected chi connectivity index (χ2v) is 4.15. The maximum absolute atomic E-state index is 11.9. The fourth-order valence-electron chi connectivity index (χ4n) is 1.66. The van der Waals surface area contributed by atoms with Gasteiger partial charge in [-0.25, -0.2) is 4.79 Å². The Morgan fingerprint density at radius 3 is 2.67 bits per heavy atom. The van der Waals surface area contributed by atoms with Crippen molar-refractivity contribution in [1.29, 1.82) is 0 Å². The molecule has 0 aliphatic rings. The molecule has 2 rings (SSSR count). The lowest BCUT2D eigenvalue weighted by atomic mass is 10.1. The van der Waals surface area contributed by atoms with E-state index in [4.69, 9.17) is 5.11 Å². The van der Waals surface area contributed by atoms with Gasteiger partial charge in [0.15, 0.2) is 0 Å². The van der Waals surface area contributed by atoms with Crippen molar-refractivity contribution in [2.24, 2.45) is 7.05 Å². The molecule has 0 unspecified atom stereocenters.